The smallest absolute Gasteiger partial charge is 0.255 e. The van der Waals surface area contributed by atoms with E-state index in [-0.39, 0.29) is 5.91 Å². The lowest BCUT2D eigenvalue weighted by Crippen LogP contribution is -2.12. The minimum Gasteiger partial charge on any atom is -0.493 e. The molecule has 0 aliphatic rings. The molecule has 1 amide bonds. The van der Waals surface area contributed by atoms with Crippen molar-refractivity contribution < 1.29 is 18.7 Å². The maximum absolute atomic E-state index is 12.6. The monoisotopic (exact) mass is 402 g/mol. The zero-order valence-corrected chi connectivity index (χ0v) is 17.3. The summed E-state index contributed by atoms with van der Waals surface area (Å²) in [7, 11) is 3.17. The second-order valence-corrected chi connectivity index (χ2v) is 7.10. The van der Waals surface area contributed by atoms with Crippen LogP contribution in [0, 0.1) is 13.8 Å². The predicted molar refractivity (Wildman–Crippen MR) is 116 cm³/mol. The zero-order chi connectivity index (χ0) is 21.3. The van der Waals surface area contributed by atoms with E-state index in [0.717, 1.165) is 16.7 Å². The van der Waals surface area contributed by atoms with E-state index in [1.54, 1.807) is 38.5 Å². The number of methoxy groups -OCH3 is 2. The lowest BCUT2D eigenvalue weighted by molar-refractivity contribution is 0.102. The van der Waals surface area contributed by atoms with Gasteiger partial charge in [0.15, 0.2) is 17.1 Å². The van der Waals surface area contributed by atoms with Crippen molar-refractivity contribution in [2.75, 3.05) is 19.5 Å². The summed E-state index contributed by atoms with van der Waals surface area (Å²) in [6.07, 6.45) is 0. The molecule has 6 heteroatoms. The summed E-state index contributed by atoms with van der Waals surface area (Å²) in [5, 5.41) is 2.93. The van der Waals surface area contributed by atoms with Crippen LogP contribution in [0.4, 0.5) is 5.69 Å². The third-order valence-corrected chi connectivity index (χ3v) is 4.76. The molecule has 0 bridgehead atoms. The van der Waals surface area contributed by atoms with Gasteiger partial charge in [0.05, 0.1) is 14.2 Å². The molecule has 6 nitrogen and oxygen atoms in total. The first kappa shape index (κ1) is 19.5. The summed E-state index contributed by atoms with van der Waals surface area (Å²) in [4.78, 5) is 17.2. The Morgan fingerprint density at radius 1 is 0.900 bits per heavy atom. The molecule has 0 saturated carbocycles. The van der Waals surface area contributed by atoms with E-state index in [1.807, 2.05) is 44.2 Å². The molecule has 3 aromatic carbocycles. The molecule has 30 heavy (non-hydrogen) atoms. The van der Waals surface area contributed by atoms with E-state index in [2.05, 4.69) is 10.3 Å². The quantitative estimate of drug-likeness (QED) is 0.485. The molecule has 0 aliphatic heterocycles. The number of aromatic nitrogens is 1. The highest BCUT2D eigenvalue weighted by atomic mass is 16.5. The van der Waals surface area contributed by atoms with Crippen LogP contribution in [-0.2, 0) is 0 Å². The Morgan fingerprint density at radius 2 is 1.63 bits per heavy atom. The van der Waals surface area contributed by atoms with Crippen molar-refractivity contribution in [3.8, 4) is 23.0 Å². The number of rotatable bonds is 5. The molecule has 1 aromatic heterocycles. The first-order valence-corrected chi connectivity index (χ1v) is 9.49. The maximum atomic E-state index is 12.6. The third kappa shape index (κ3) is 3.85. The average Bonchev–Trinajstić information content (AvgIpc) is 3.16. The molecule has 0 atom stereocenters. The average molecular weight is 402 g/mol. The van der Waals surface area contributed by atoms with Gasteiger partial charge in [0.1, 0.15) is 5.52 Å². The van der Waals surface area contributed by atoms with Gasteiger partial charge in [-0.2, -0.15) is 0 Å². The molecule has 0 fully saturated rings. The van der Waals surface area contributed by atoms with E-state index in [1.165, 1.54) is 0 Å². The van der Waals surface area contributed by atoms with Crippen LogP contribution < -0.4 is 14.8 Å². The third-order valence-electron chi connectivity index (χ3n) is 4.76. The maximum Gasteiger partial charge on any atom is 0.255 e. The fourth-order valence-electron chi connectivity index (χ4n) is 3.41. The van der Waals surface area contributed by atoms with Gasteiger partial charge in [-0.1, -0.05) is 17.2 Å². The number of hydrogen-bond donors (Lipinski definition) is 1. The van der Waals surface area contributed by atoms with Crippen LogP contribution in [0.25, 0.3) is 22.6 Å². The molecule has 4 rings (SSSR count). The summed E-state index contributed by atoms with van der Waals surface area (Å²) in [5.41, 5.74) is 5.42. The van der Waals surface area contributed by atoms with Gasteiger partial charge in [-0.3, -0.25) is 4.79 Å². The standard InChI is InChI=1S/C24H22N2O4/c1-14-9-15(2)11-17(10-14)23(27)25-18-6-8-20-19(13-18)26-24(30-20)16-5-7-21(28-3)22(12-16)29-4/h5-13H,1-4H3,(H,25,27). The number of nitrogens with zero attached hydrogens (tertiary/aromatic N) is 1. The van der Waals surface area contributed by atoms with Gasteiger partial charge in [-0.25, -0.2) is 4.98 Å². The van der Waals surface area contributed by atoms with Crippen molar-refractivity contribution in [2.24, 2.45) is 0 Å². The highest BCUT2D eigenvalue weighted by Gasteiger charge is 2.13. The lowest BCUT2D eigenvalue weighted by Gasteiger charge is -2.07. The van der Waals surface area contributed by atoms with Crippen molar-refractivity contribution in [1.82, 2.24) is 4.98 Å². The van der Waals surface area contributed by atoms with Crippen molar-refractivity contribution >= 4 is 22.7 Å². The number of anilines is 1. The van der Waals surface area contributed by atoms with E-state index in [4.69, 9.17) is 13.9 Å². The van der Waals surface area contributed by atoms with Gasteiger partial charge in [-0.05, 0) is 62.4 Å². The number of carbonyl (C=O) groups is 1. The Hall–Kier alpha value is -3.80. The zero-order valence-electron chi connectivity index (χ0n) is 17.3. The van der Waals surface area contributed by atoms with E-state index >= 15 is 0 Å². The van der Waals surface area contributed by atoms with Gasteiger partial charge in [0, 0.05) is 16.8 Å². The molecule has 1 N–H and O–H groups in total. The number of fused-ring (bicyclic) bond motifs is 1. The second kappa shape index (κ2) is 7.91. The van der Waals surface area contributed by atoms with Crippen LogP contribution in [0.1, 0.15) is 21.5 Å². The van der Waals surface area contributed by atoms with Crippen molar-refractivity contribution in [3.63, 3.8) is 0 Å². The van der Waals surface area contributed by atoms with Gasteiger partial charge in [0.2, 0.25) is 5.89 Å². The molecular formula is C24H22N2O4. The lowest BCUT2D eigenvalue weighted by atomic mass is 10.1. The summed E-state index contributed by atoms with van der Waals surface area (Å²) in [6, 6.07) is 16.6. The number of amides is 1. The van der Waals surface area contributed by atoms with Crippen molar-refractivity contribution in [3.05, 3.63) is 71.3 Å². The largest absolute Gasteiger partial charge is 0.493 e. The Bertz CT molecular complexity index is 1220. The second-order valence-electron chi connectivity index (χ2n) is 7.10. The minimum atomic E-state index is -0.162. The number of oxazole rings is 1. The fraction of sp³-hybridized carbons (Fsp3) is 0.167. The van der Waals surface area contributed by atoms with Crippen LogP contribution in [0.5, 0.6) is 11.5 Å². The summed E-state index contributed by atoms with van der Waals surface area (Å²) < 4.78 is 16.5. The van der Waals surface area contributed by atoms with Crippen LogP contribution >= 0.6 is 0 Å². The molecule has 0 unspecified atom stereocenters. The minimum absolute atomic E-state index is 0.162. The van der Waals surface area contributed by atoms with Crippen LogP contribution in [0.2, 0.25) is 0 Å². The summed E-state index contributed by atoms with van der Waals surface area (Å²) in [6.45, 7) is 3.95. The number of aryl methyl sites for hydroxylation is 2. The highest BCUT2D eigenvalue weighted by molar-refractivity contribution is 6.05. The van der Waals surface area contributed by atoms with Crippen LogP contribution in [-0.4, -0.2) is 25.1 Å². The first-order valence-electron chi connectivity index (χ1n) is 9.49. The normalized spacial score (nSPS) is 10.8. The fourth-order valence-corrected chi connectivity index (χ4v) is 3.41. The van der Waals surface area contributed by atoms with Gasteiger partial charge in [0.25, 0.3) is 5.91 Å². The molecular weight excluding hydrogens is 380 g/mol. The number of hydrogen-bond acceptors (Lipinski definition) is 5. The van der Waals surface area contributed by atoms with Crippen molar-refractivity contribution in [1.29, 1.82) is 0 Å². The van der Waals surface area contributed by atoms with E-state index in [9.17, 15) is 4.79 Å². The predicted octanol–water partition coefficient (Wildman–Crippen LogP) is 5.38. The number of nitrogens with one attached hydrogen (secondary N) is 1. The van der Waals surface area contributed by atoms with Crippen molar-refractivity contribution in [2.45, 2.75) is 13.8 Å². The Kier molecular flexibility index (Phi) is 5.14. The SMILES string of the molecule is COc1ccc(-c2nc3cc(NC(=O)c4cc(C)cc(C)c4)ccc3o2)cc1OC. The van der Waals surface area contributed by atoms with Crippen LogP contribution in [0.15, 0.2) is 59.0 Å². The molecule has 0 saturated heterocycles. The van der Waals surface area contributed by atoms with Gasteiger partial charge in [-0.15, -0.1) is 0 Å². The number of carbonyl (C=O) groups excluding carboxylic acids is 1. The van der Waals surface area contributed by atoms with Crippen LogP contribution in [0.3, 0.4) is 0 Å². The first-order chi connectivity index (χ1) is 14.5. The topological polar surface area (TPSA) is 73.6 Å². The summed E-state index contributed by atoms with van der Waals surface area (Å²) >= 11 is 0. The number of ether oxygens (including phenoxy) is 2. The highest BCUT2D eigenvalue weighted by Crippen LogP contribution is 2.33. The molecule has 0 spiro atoms. The number of benzene rings is 3. The molecule has 0 radical (unpaired) electrons. The van der Waals surface area contributed by atoms with Gasteiger partial charge >= 0.3 is 0 Å². The molecule has 1 heterocycles. The Morgan fingerprint density at radius 3 is 2.33 bits per heavy atom. The van der Waals surface area contributed by atoms with E-state index in [0.29, 0.717) is 39.7 Å². The Labute approximate surface area is 174 Å². The Balaban J connectivity index is 1.62. The van der Waals surface area contributed by atoms with E-state index < -0.39 is 0 Å². The molecule has 4 aromatic rings. The molecule has 152 valence electrons. The van der Waals surface area contributed by atoms with Gasteiger partial charge < -0.3 is 19.2 Å². The molecule has 0 aliphatic carbocycles. The summed E-state index contributed by atoms with van der Waals surface area (Å²) in [5.74, 6) is 1.53.